The zero-order chi connectivity index (χ0) is 28.7. The van der Waals surface area contributed by atoms with Crippen molar-refractivity contribution in [3.8, 4) is 0 Å². The summed E-state index contributed by atoms with van der Waals surface area (Å²) >= 11 is 0. The van der Waals surface area contributed by atoms with E-state index in [1.165, 1.54) is 41.2 Å². The normalized spacial score (nSPS) is 15.4. The molecular formula is C29H26F7N3. The molecule has 1 unspecified atom stereocenters. The largest absolute Gasteiger partial charge is 0.419 e. The molecule has 0 bridgehead atoms. The monoisotopic (exact) mass is 549 g/mol. The molecule has 2 N–H and O–H groups in total. The molecular weight excluding hydrogens is 523 g/mol. The van der Waals surface area contributed by atoms with Crippen molar-refractivity contribution in [1.82, 2.24) is 15.2 Å². The van der Waals surface area contributed by atoms with Gasteiger partial charge in [-0.05, 0) is 50.1 Å². The number of nitrogens with one attached hydrogen (secondary N) is 2. The fourth-order valence-electron chi connectivity index (χ4n) is 4.50. The minimum Gasteiger partial charge on any atom is -0.378 e. The quantitative estimate of drug-likeness (QED) is 0.290. The van der Waals surface area contributed by atoms with Gasteiger partial charge in [0.25, 0.3) is 0 Å². The summed E-state index contributed by atoms with van der Waals surface area (Å²) < 4.78 is 100. The molecule has 2 heterocycles. The van der Waals surface area contributed by atoms with Gasteiger partial charge in [-0.2, -0.15) is 13.2 Å². The third kappa shape index (κ3) is 6.05. The maximum Gasteiger partial charge on any atom is 0.419 e. The van der Waals surface area contributed by atoms with E-state index in [1.807, 2.05) is 0 Å². The lowest BCUT2D eigenvalue weighted by Crippen LogP contribution is -2.27. The van der Waals surface area contributed by atoms with E-state index < -0.39 is 41.8 Å². The molecule has 39 heavy (non-hydrogen) atoms. The summed E-state index contributed by atoms with van der Waals surface area (Å²) in [5.41, 5.74) is -0.243. The maximum atomic E-state index is 14.5. The van der Waals surface area contributed by atoms with Crippen molar-refractivity contribution < 1.29 is 30.7 Å². The molecule has 0 saturated heterocycles. The lowest BCUT2D eigenvalue weighted by molar-refractivity contribution is -0.138. The van der Waals surface area contributed by atoms with Crippen LogP contribution in [0.3, 0.4) is 0 Å². The van der Waals surface area contributed by atoms with E-state index >= 15 is 0 Å². The Bertz CT molecular complexity index is 1460. The molecule has 0 aliphatic carbocycles. The molecule has 0 radical (unpaired) electrons. The second-order valence-corrected chi connectivity index (χ2v) is 9.51. The SMILES string of the molecule is C=C(NC(CC(C)(F)F)c1ccc(F)cc1)c1cn2c(c1C(F)(F)F)/C(=C\C)NC(c1ccc(C)c(F)c1)=C2. The van der Waals surface area contributed by atoms with Crippen LogP contribution in [0.1, 0.15) is 59.8 Å². The van der Waals surface area contributed by atoms with Crippen molar-refractivity contribution in [1.29, 1.82) is 0 Å². The Morgan fingerprint density at radius 2 is 1.74 bits per heavy atom. The Balaban J connectivity index is 1.81. The molecule has 0 spiro atoms. The van der Waals surface area contributed by atoms with Gasteiger partial charge in [0.2, 0.25) is 5.92 Å². The average Bonchev–Trinajstić information content (AvgIpc) is 3.25. The predicted molar refractivity (Wildman–Crippen MR) is 138 cm³/mol. The van der Waals surface area contributed by atoms with Gasteiger partial charge in [0.15, 0.2) is 0 Å². The van der Waals surface area contributed by atoms with Crippen LogP contribution in [0.4, 0.5) is 30.7 Å². The summed E-state index contributed by atoms with van der Waals surface area (Å²) in [5.74, 6) is -4.23. The first-order valence-corrected chi connectivity index (χ1v) is 12.0. The second-order valence-electron chi connectivity index (χ2n) is 9.51. The predicted octanol–water partition coefficient (Wildman–Crippen LogP) is 8.36. The van der Waals surface area contributed by atoms with E-state index in [2.05, 4.69) is 17.2 Å². The van der Waals surface area contributed by atoms with Crippen molar-refractivity contribution >= 4 is 23.3 Å². The number of aryl methyl sites for hydroxylation is 1. The Kier molecular flexibility index (Phi) is 7.42. The van der Waals surface area contributed by atoms with Crippen LogP contribution < -0.4 is 10.6 Å². The highest BCUT2D eigenvalue weighted by atomic mass is 19.4. The van der Waals surface area contributed by atoms with E-state index in [0.29, 0.717) is 23.7 Å². The molecule has 0 amide bonds. The van der Waals surface area contributed by atoms with Gasteiger partial charge in [-0.25, -0.2) is 17.6 Å². The van der Waals surface area contributed by atoms with Gasteiger partial charge in [-0.3, -0.25) is 0 Å². The maximum absolute atomic E-state index is 14.5. The van der Waals surface area contributed by atoms with Crippen LogP contribution in [-0.4, -0.2) is 10.5 Å². The van der Waals surface area contributed by atoms with Gasteiger partial charge in [-0.1, -0.05) is 36.9 Å². The molecule has 0 saturated carbocycles. The first kappa shape index (κ1) is 28.1. The van der Waals surface area contributed by atoms with Crippen LogP contribution in [0, 0.1) is 18.6 Å². The first-order chi connectivity index (χ1) is 18.2. The van der Waals surface area contributed by atoms with Gasteiger partial charge in [0, 0.05) is 35.6 Å². The number of hydrogen-bond donors (Lipinski definition) is 2. The standard InChI is InChI=1S/C29H26F7N3/c1-5-23-27-26(29(34,35)36)21(14-39(27)15-25(38-23)19-7-6-16(2)22(31)12-19)17(3)37-24(13-28(4,32)33)18-8-10-20(30)11-9-18/h5-12,14-15,24,37-38H,3,13H2,1-2,4H3/b23-5+. The van der Waals surface area contributed by atoms with Gasteiger partial charge in [0.05, 0.1) is 28.7 Å². The molecule has 2 aromatic carbocycles. The van der Waals surface area contributed by atoms with Crippen molar-refractivity contribution in [2.45, 2.75) is 45.3 Å². The molecule has 3 aromatic rings. The van der Waals surface area contributed by atoms with Crippen molar-refractivity contribution in [3.05, 3.63) is 106 Å². The minimum atomic E-state index is -4.84. The lowest BCUT2D eigenvalue weighted by atomic mass is 9.98. The van der Waals surface area contributed by atoms with Gasteiger partial charge >= 0.3 is 6.18 Å². The van der Waals surface area contributed by atoms with Crippen LogP contribution in [0.15, 0.2) is 61.3 Å². The van der Waals surface area contributed by atoms with Crippen molar-refractivity contribution in [2.75, 3.05) is 0 Å². The van der Waals surface area contributed by atoms with Gasteiger partial charge in [-0.15, -0.1) is 0 Å². The highest BCUT2D eigenvalue weighted by molar-refractivity contribution is 5.89. The van der Waals surface area contributed by atoms with E-state index in [-0.39, 0.29) is 28.2 Å². The molecule has 206 valence electrons. The third-order valence-electron chi connectivity index (χ3n) is 6.39. The van der Waals surface area contributed by atoms with E-state index in [0.717, 1.165) is 12.1 Å². The number of benzene rings is 2. The summed E-state index contributed by atoms with van der Waals surface area (Å²) in [6.45, 7) is 7.59. The van der Waals surface area contributed by atoms with Gasteiger partial charge in [0.1, 0.15) is 11.6 Å². The molecule has 1 atom stereocenters. The van der Waals surface area contributed by atoms with Crippen LogP contribution in [0.2, 0.25) is 0 Å². The van der Waals surface area contributed by atoms with E-state index in [4.69, 9.17) is 0 Å². The summed E-state index contributed by atoms with van der Waals surface area (Å²) in [4.78, 5) is 0. The number of aromatic nitrogens is 1. The minimum absolute atomic E-state index is 0.120. The number of fused-ring (bicyclic) bond motifs is 1. The molecule has 1 aliphatic heterocycles. The Morgan fingerprint density at radius 1 is 1.08 bits per heavy atom. The van der Waals surface area contributed by atoms with Gasteiger partial charge < -0.3 is 15.2 Å². The summed E-state index contributed by atoms with van der Waals surface area (Å²) in [6, 6.07) is 8.08. The number of alkyl halides is 5. The number of rotatable bonds is 7. The highest BCUT2D eigenvalue weighted by Gasteiger charge is 2.41. The van der Waals surface area contributed by atoms with Crippen LogP contribution in [-0.2, 0) is 6.18 Å². The smallest absolute Gasteiger partial charge is 0.378 e. The van der Waals surface area contributed by atoms with E-state index in [1.54, 1.807) is 26.0 Å². The number of nitrogens with zero attached hydrogens (tertiary/aromatic N) is 1. The number of allylic oxidation sites excluding steroid dienone is 1. The average molecular weight is 550 g/mol. The number of hydrogen-bond acceptors (Lipinski definition) is 2. The van der Waals surface area contributed by atoms with Crippen LogP contribution in [0.25, 0.3) is 23.3 Å². The van der Waals surface area contributed by atoms with Crippen LogP contribution >= 0.6 is 0 Å². The first-order valence-electron chi connectivity index (χ1n) is 12.0. The molecule has 4 rings (SSSR count). The lowest BCUT2D eigenvalue weighted by Gasteiger charge is -2.25. The molecule has 10 heteroatoms. The summed E-state index contributed by atoms with van der Waals surface area (Å²) in [6.07, 6.45) is -1.54. The zero-order valence-corrected chi connectivity index (χ0v) is 21.4. The zero-order valence-electron chi connectivity index (χ0n) is 21.4. The van der Waals surface area contributed by atoms with Crippen LogP contribution in [0.5, 0.6) is 0 Å². The summed E-state index contributed by atoms with van der Waals surface area (Å²) in [5, 5.41) is 5.66. The van der Waals surface area contributed by atoms with Crippen molar-refractivity contribution in [3.63, 3.8) is 0 Å². The number of halogens is 7. The molecule has 0 fully saturated rings. The molecule has 1 aliphatic rings. The van der Waals surface area contributed by atoms with E-state index in [9.17, 15) is 30.7 Å². The fourth-order valence-corrected chi connectivity index (χ4v) is 4.50. The highest BCUT2D eigenvalue weighted by Crippen LogP contribution is 2.43. The van der Waals surface area contributed by atoms with Crippen molar-refractivity contribution in [2.24, 2.45) is 0 Å². The Labute approximate surface area is 221 Å². The second kappa shape index (κ2) is 10.3. The Morgan fingerprint density at radius 3 is 2.31 bits per heavy atom. The molecule has 3 nitrogen and oxygen atoms in total. The third-order valence-corrected chi connectivity index (χ3v) is 6.39. The fraction of sp³-hybridized carbons (Fsp3) is 0.241. The Hall–Kier alpha value is -3.95. The topological polar surface area (TPSA) is 29.0 Å². The molecule has 1 aromatic heterocycles. The summed E-state index contributed by atoms with van der Waals surface area (Å²) in [7, 11) is 0.